The van der Waals surface area contributed by atoms with Crippen LogP contribution >= 0.6 is 23.1 Å². The van der Waals surface area contributed by atoms with Gasteiger partial charge in [-0.2, -0.15) is 11.8 Å². The minimum absolute atomic E-state index is 0.0895. The molecular formula is C19H23N3O3S2. The minimum Gasteiger partial charge on any atom is -0.450 e. The molecule has 0 aromatic carbocycles. The molecule has 1 saturated heterocycles. The second-order valence-corrected chi connectivity index (χ2v) is 8.74. The van der Waals surface area contributed by atoms with E-state index >= 15 is 0 Å². The number of piperazine rings is 1. The highest BCUT2D eigenvalue weighted by Gasteiger charge is 2.31. The summed E-state index contributed by atoms with van der Waals surface area (Å²) in [6.45, 7) is 4.30. The number of hydrogen-bond donors (Lipinski definition) is 0. The molecule has 0 N–H and O–H groups in total. The lowest BCUT2D eigenvalue weighted by molar-refractivity contribution is 0.0570. The van der Waals surface area contributed by atoms with E-state index in [1.54, 1.807) is 23.2 Å². The molecule has 144 valence electrons. The standard InChI is InChI=1S/C19H23N3O3S2/c1-2-25-19(24)22-10-8-20(9-11-22)17(23)16-14-5-12-26-13-15(14)27-18(16)21-6-3-4-7-21/h3-4,6-7H,2,5,8-13H2,1H3. The van der Waals surface area contributed by atoms with Gasteiger partial charge in [0, 0.05) is 49.2 Å². The van der Waals surface area contributed by atoms with Crippen molar-refractivity contribution in [3.8, 4) is 5.00 Å². The summed E-state index contributed by atoms with van der Waals surface area (Å²) in [5.74, 6) is 2.14. The molecule has 0 aliphatic carbocycles. The Labute approximate surface area is 167 Å². The Balaban J connectivity index is 1.57. The first-order chi connectivity index (χ1) is 13.2. The van der Waals surface area contributed by atoms with Crippen molar-refractivity contribution >= 4 is 35.1 Å². The van der Waals surface area contributed by atoms with Crippen molar-refractivity contribution in [1.82, 2.24) is 14.4 Å². The smallest absolute Gasteiger partial charge is 0.409 e. The van der Waals surface area contributed by atoms with Gasteiger partial charge in [0.2, 0.25) is 0 Å². The second kappa shape index (κ2) is 7.98. The van der Waals surface area contributed by atoms with Gasteiger partial charge in [0.1, 0.15) is 5.00 Å². The molecular weight excluding hydrogens is 382 g/mol. The maximum absolute atomic E-state index is 13.4. The van der Waals surface area contributed by atoms with Crippen molar-refractivity contribution in [2.24, 2.45) is 0 Å². The Morgan fingerprint density at radius 3 is 2.52 bits per heavy atom. The average molecular weight is 406 g/mol. The molecule has 0 spiro atoms. The van der Waals surface area contributed by atoms with Crippen LogP contribution in [0.4, 0.5) is 4.79 Å². The summed E-state index contributed by atoms with van der Waals surface area (Å²) in [6, 6.07) is 3.97. The Kier molecular flexibility index (Phi) is 5.45. The number of thioether (sulfide) groups is 1. The second-order valence-electron chi connectivity index (χ2n) is 6.56. The van der Waals surface area contributed by atoms with E-state index in [4.69, 9.17) is 4.74 Å². The van der Waals surface area contributed by atoms with Crippen LogP contribution in [0.2, 0.25) is 0 Å². The minimum atomic E-state index is -0.289. The molecule has 4 rings (SSSR count). The van der Waals surface area contributed by atoms with Gasteiger partial charge in [-0.3, -0.25) is 4.79 Å². The van der Waals surface area contributed by atoms with Gasteiger partial charge < -0.3 is 19.1 Å². The Morgan fingerprint density at radius 2 is 1.81 bits per heavy atom. The number of rotatable bonds is 3. The van der Waals surface area contributed by atoms with Crippen molar-refractivity contribution in [2.75, 3.05) is 38.5 Å². The zero-order valence-electron chi connectivity index (χ0n) is 15.3. The highest BCUT2D eigenvalue weighted by molar-refractivity contribution is 7.98. The van der Waals surface area contributed by atoms with E-state index in [1.807, 2.05) is 41.2 Å². The van der Waals surface area contributed by atoms with Crippen molar-refractivity contribution in [3.63, 3.8) is 0 Å². The van der Waals surface area contributed by atoms with Gasteiger partial charge in [0.15, 0.2) is 0 Å². The summed E-state index contributed by atoms with van der Waals surface area (Å²) in [4.78, 5) is 30.2. The number of carbonyl (C=O) groups excluding carboxylic acids is 2. The van der Waals surface area contributed by atoms with Crippen LogP contribution in [-0.4, -0.2) is 64.9 Å². The van der Waals surface area contributed by atoms with Crippen LogP contribution in [0.3, 0.4) is 0 Å². The lowest BCUT2D eigenvalue weighted by atomic mass is 10.1. The largest absolute Gasteiger partial charge is 0.450 e. The summed E-state index contributed by atoms with van der Waals surface area (Å²) in [5.41, 5.74) is 2.08. The van der Waals surface area contributed by atoms with E-state index in [-0.39, 0.29) is 12.0 Å². The molecule has 2 amide bonds. The van der Waals surface area contributed by atoms with Crippen LogP contribution in [0.25, 0.3) is 5.00 Å². The molecule has 0 atom stereocenters. The molecule has 2 aromatic rings. The molecule has 0 bridgehead atoms. The molecule has 0 radical (unpaired) electrons. The van der Waals surface area contributed by atoms with Crippen LogP contribution in [-0.2, 0) is 16.9 Å². The van der Waals surface area contributed by atoms with E-state index in [2.05, 4.69) is 4.57 Å². The highest BCUT2D eigenvalue weighted by Crippen LogP contribution is 2.39. The topological polar surface area (TPSA) is 54.8 Å². The normalized spacial score (nSPS) is 16.9. The number of nitrogens with zero attached hydrogens (tertiary/aromatic N) is 3. The van der Waals surface area contributed by atoms with Gasteiger partial charge in [-0.25, -0.2) is 4.79 Å². The van der Waals surface area contributed by atoms with Crippen LogP contribution < -0.4 is 0 Å². The lowest BCUT2D eigenvalue weighted by Crippen LogP contribution is -2.51. The molecule has 0 unspecified atom stereocenters. The number of carbonyl (C=O) groups is 2. The highest BCUT2D eigenvalue weighted by atomic mass is 32.2. The number of amides is 2. The molecule has 8 heteroatoms. The summed E-state index contributed by atoms with van der Waals surface area (Å²) in [5, 5.41) is 1.02. The zero-order valence-corrected chi connectivity index (χ0v) is 17.0. The van der Waals surface area contributed by atoms with Crippen molar-refractivity contribution < 1.29 is 14.3 Å². The van der Waals surface area contributed by atoms with Crippen LogP contribution in [0.1, 0.15) is 27.7 Å². The SMILES string of the molecule is CCOC(=O)N1CCN(C(=O)c2c(-n3cccc3)sc3c2CCSC3)CC1. The number of ether oxygens (including phenoxy) is 1. The van der Waals surface area contributed by atoms with Crippen LogP contribution in [0, 0.1) is 0 Å². The number of aromatic nitrogens is 1. The summed E-state index contributed by atoms with van der Waals surface area (Å²) < 4.78 is 7.12. The molecule has 0 saturated carbocycles. The Hall–Kier alpha value is -1.93. The number of fused-ring (bicyclic) bond motifs is 1. The lowest BCUT2D eigenvalue weighted by Gasteiger charge is -2.34. The van der Waals surface area contributed by atoms with E-state index in [9.17, 15) is 9.59 Å². The third-order valence-corrected chi connectivity index (χ3v) is 7.36. The fourth-order valence-corrected chi connectivity index (χ4v) is 5.99. The average Bonchev–Trinajstić information content (AvgIpc) is 3.35. The maximum atomic E-state index is 13.4. The van der Waals surface area contributed by atoms with Gasteiger partial charge >= 0.3 is 6.09 Å². The van der Waals surface area contributed by atoms with Crippen molar-refractivity contribution in [2.45, 2.75) is 19.1 Å². The van der Waals surface area contributed by atoms with Crippen molar-refractivity contribution in [3.05, 3.63) is 40.5 Å². The van der Waals surface area contributed by atoms with Crippen LogP contribution in [0.15, 0.2) is 24.5 Å². The first-order valence-electron chi connectivity index (χ1n) is 9.25. The first-order valence-corrected chi connectivity index (χ1v) is 11.2. The molecule has 1 fully saturated rings. The quantitative estimate of drug-likeness (QED) is 0.787. The number of thiophene rings is 1. The van der Waals surface area contributed by atoms with Crippen LogP contribution in [0.5, 0.6) is 0 Å². The Bertz CT molecular complexity index is 824. The predicted molar refractivity (Wildman–Crippen MR) is 108 cm³/mol. The van der Waals surface area contributed by atoms with E-state index in [0.717, 1.165) is 28.5 Å². The summed E-state index contributed by atoms with van der Waals surface area (Å²) in [7, 11) is 0. The van der Waals surface area contributed by atoms with Gasteiger partial charge in [0.05, 0.1) is 12.2 Å². The number of hydrogen-bond acceptors (Lipinski definition) is 5. The fourth-order valence-electron chi connectivity index (χ4n) is 3.56. The summed E-state index contributed by atoms with van der Waals surface area (Å²) in [6.07, 6.45) is 4.66. The van der Waals surface area contributed by atoms with Gasteiger partial charge in [0.25, 0.3) is 5.91 Å². The zero-order chi connectivity index (χ0) is 18.8. The molecule has 2 aliphatic heterocycles. The van der Waals surface area contributed by atoms with E-state index < -0.39 is 0 Å². The van der Waals surface area contributed by atoms with Gasteiger partial charge in [-0.1, -0.05) is 0 Å². The molecule has 6 nitrogen and oxygen atoms in total. The third kappa shape index (κ3) is 3.60. The monoisotopic (exact) mass is 405 g/mol. The first kappa shape index (κ1) is 18.4. The summed E-state index contributed by atoms with van der Waals surface area (Å²) >= 11 is 3.66. The van der Waals surface area contributed by atoms with Gasteiger partial charge in [-0.05, 0) is 36.8 Å². The molecule has 2 aliphatic rings. The third-order valence-electron chi connectivity index (χ3n) is 4.95. The molecule has 27 heavy (non-hydrogen) atoms. The van der Waals surface area contributed by atoms with E-state index in [1.165, 1.54) is 10.4 Å². The van der Waals surface area contributed by atoms with E-state index in [0.29, 0.717) is 32.8 Å². The van der Waals surface area contributed by atoms with Crippen molar-refractivity contribution in [1.29, 1.82) is 0 Å². The molecule has 2 aromatic heterocycles. The van der Waals surface area contributed by atoms with Gasteiger partial charge in [-0.15, -0.1) is 11.3 Å². The molecule has 4 heterocycles. The fraction of sp³-hybridized carbons (Fsp3) is 0.474. The predicted octanol–water partition coefficient (Wildman–Crippen LogP) is 3.24. The maximum Gasteiger partial charge on any atom is 0.409 e. The Morgan fingerprint density at radius 1 is 1.11 bits per heavy atom.